The molecule has 3 rings (SSSR count). The second-order valence-electron chi connectivity index (χ2n) is 6.29. The first-order valence-electron chi connectivity index (χ1n) is 8.42. The van der Waals surface area contributed by atoms with Crippen LogP contribution in [-0.4, -0.2) is 48.3 Å². The quantitative estimate of drug-likeness (QED) is 0.877. The third kappa shape index (κ3) is 3.93. The Morgan fingerprint density at radius 3 is 2.70 bits per heavy atom. The Balaban J connectivity index is 1.77. The number of nitrogens with zero attached hydrogens (tertiary/aromatic N) is 2. The minimum atomic E-state index is -0.360. The van der Waals surface area contributed by atoms with E-state index >= 15 is 0 Å². The van der Waals surface area contributed by atoms with Crippen molar-refractivity contribution in [3.63, 3.8) is 0 Å². The SMILES string of the molecule is O=C(Nc1cc(F)ccc1N1CCCCC1)N(CCO)C1CC1. The molecular formula is C17H24FN3O2. The average Bonchev–Trinajstić information content (AvgIpc) is 3.38. The third-order valence-electron chi connectivity index (χ3n) is 4.49. The van der Waals surface area contributed by atoms with Gasteiger partial charge in [-0.3, -0.25) is 0 Å². The third-order valence-corrected chi connectivity index (χ3v) is 4.49. The summed E-state index contributed by atoms with van der Waals surface area (Å²) in [4.78, 5) is 16.3. The fourth-order valence-electron chi connectivity index (χ4n) is 3.15. The molecule has 0 bridgehead atoms. The van der Waals surface area contributed by atoms with E-state index < -0.39 is 0 Å². The van der Waals surface area contributed by atoms with Crippen LogP contribution in [0.1, 0.15) is 32.1 Å². The standard InChI is InChI=1S/C17H24FN3O2/c18-13-4-7-16(20-8-2-1-3-9-20)15(12-13)19-17(23)21(10-11-22)14-5-6-14/h4,7,12,14,22H,1-3,5-6,8-11H2,(H,19,23). The zero-order valence-electron chi connectivity index (χ0n) is 13.3. The van der Waals surface area contributed by atoms with E-state index in [9.17, 15) is 9.18 Å². The maximum Gasteiger partial charge on any atom is 0.322 e. The number of carbonyl (C=O) groups is 1. The summed E-state index contributed by atoms with van der Waals surface area (Å²) >= 11 is 0. The lowest BCUT2D eigenvalue weighted by Gasteiger charge is -2.31. The van der Waals surface area contributed by atoms with Gasteiger partial charge in [-0.2, -0.15) is 0 Å². The van der Waals surface area contributed by atoms with Crippen molar-refractivity contribution in [2.75, 3.05) is 36.5 Å². The Morgan fingerprint density at radius 2 is 2.04 bits per heavy atom. The van der Waals surface area contributed by atoms with Gasteiger partial charge in [0.05, 0.1) is 18.0 Å². The Morgan fingerprint density at radius 1 is 1.30 bits per heavy atom. The molecule has 0 aromatic heterocycles. The van der Waals surface area contributed by atoms with Gasteiger partial charge in [0.25, 0.3) is 0 Å². The summed E-state index contributed by atoms with van der Waals surface area (Å²) in [6, 6.07) is 4.50. The monoisotopic (exact) mass is 321 g/mol. The highest BCUT2D eigenvalue weighted by Crippen LogP contribution is 2.31. The van der Waals surface area contributed by atoms with Crippen LogP contribution in [0, 0.1) is 5.82 Å². The molecule has 1 saturated carbocycles. The van der Waals surface area contributed by atoms with Gasteiger partial charge in [0.1, 0.15) is 5.82 Å². The van der Waals surface area contributed by atoms with Crippen LogP contribution in [0.4, 0.5) is 20.6 Å². The van der Waals surface area contributed by atoms with E-state index in [-0.39, 0.29) is 24.5 Å². The van der Waals surface area contributed by atoms with E-state index in [1.54, 1.807) is 11.0 Å². The lowest BCUT2D eigenvalue weighted by Crippen LogP contribution is -2.39. The second-order valence-corrected chi connectivity index (χ2v) is 6.29. The highest BCUT2D eigenvalue weighted by atomic mass is 19.1. The van der Waals surface area contributed by atoms with Gasteiger partial charge in [0.2, 0.25) is 0 Å². The molecule has 0 spiro atoms. The maximum atomic E-state index is 13.7. The van der Waals surface area contributed by atoms with E-state index in [4.69, 9.17) is 5.11 Å². The highest BCUT2D eigenvalue weighted by Gasteiger charge is 2.32. The van der Waals surface area contributed by atoms with Crippen molar-refractivity contribution in [2.24, 2.45) is 0 Å². The number of carbonyl (C=O) groups excluding carboxylic acids is 1. The Labute approximate surface area is 136 Å². The van der Waals surface area contributed by atoms with Crippen LogP contribution < -0.4 is 10.2 Å². The summed E-state index contributed by atoms with van der Waals surface area (Å²) in [6.07, 6.45) is 5.38. The van der Waals surface area contributed by atoms with Gasteiger partial charge < -0.3 is 20.2 Å². The molecule has 0 atom stereocenters. The van der Waals surface area contributed by atoms with Gasteiger partial charge >= 0.3 is 6.03 Å². The molecule has 2 N–H and O–H groups in total. The van der Waals surface area contributed by atoms with E-state index in [2.05, 4.69) is 10.2 Å². The molecule has 23 heavy (non-hydrogen) atoms. The van der Waals surface area contributed by atoms with E-state index in [1.807, 2.05) is 0 Å². The first-order chi connectivity index (χ1) is 11.2. The van der Waals surface area contributed by atoms with Crippen molar-refractivity contribution in [1.82, 2.24) is 4.90 Å². The molecule has 2 fully saturated rings. The molecule has 1 saturated heterocycles. The number of rotatable bonds is 5. The molecule has 1 aliphatic heterocycles. The fourth-order valence-corrected chi connectivity index (χ4v) is 3.15. The van der Waals surface area contributed by atoms with Crippen molar-refractivity contribution in [3.05, 3.63) is 24.0 Å². The van der Waals surface area contributed by atoms with Gasteiger partial charge in [-0.25, -0.2) is 9.18 Å². The van der Waals surface area contributed by atoms with Crippen molar-refractivity contribution >= 4 is 17.4 Å². The van der Waals surface area contributed by atoms with E-state index in [0.717, 1.165) is 44.5 Å². The summed E-state index contributed by atoms with van der Waals surface area (Å²) in [5, 5.41) is 12.0. The first-order valence-corrected chi connectivity index (χ1v) is 8.42. The molecular weight excluding hydrogens is 297 g/mol. The Hall–Kier alpha value is -1.82. The number of nitrogens with one attached hydrogen (secondary N) is 1. The molecule has 0 unspecified atom stereocenters. The number of halogens is 1. The van der Waals surface area contributed by atoms with Crippen molar-refractivity contribution < 1.29 is 14.3 Å². The normalized spacial score (nSPS) is 17.9. The van der Waals surface area contributed by atoms with Gasteiger partial charge in [0.15, 0.2) is 0 Å². The molecule has 126 valence electrons. The number of benzene rings is 1. The lowest BCUT2D eigenvalue weighted by atomic mass is 10.1. The summed E-state index contributed by atoms with van der Waals surface area (Å²) in [6.45, 7) is 2.10. The fraction of sp³-hybridized carbons (Fsp3) is 0.588. The zero-order chi connectivity index (χ0) is 16.2. The van der Waals surface area contributed by atoms with Gasteiger partial charge in [-0.15, -0.1) is 0 Å². The summed E-state index contributed by atoms with van der Waals surface area (Å²) in [5.41, 5.74) is 1.39. The number of aliphatic hydroxyl groups is 1. The molecule has 2 aliphatic rings. The lowest BCUT2D eigenvalue weighted by molar-refractivity contribution is 0.185. The molecule has 1 aromatic carbocycles. The predicted molar refractivity (Wildman–Crippen MR) is 88.3 cm³/mol. The highest BCUT2D eigenvalue weighted by molar-refractivity contribution is 5.93. The second kappa shape index (κ2) is 7.17. The number of hydrogen-bond donors (Lipinski definition) is 2. The molecule has 5 nitrogen and oxygen atoms in total. The Bertz CT molecular complexity index is 557. The average molecular weight is 321 g/mol. The molecule has 1 aliphatic carbocycles. The van der Waals surface area contributed by atoms with Crippen LogP contribution in [0.25, 0.3) is 0 Å². The smallest absolute Gasteiger partial charge is 0.322 e. The maximum absolute atomic E-state index is 13.7. The predicted octanol–water partition coefficient (Wildman–Crippen LogP) is 2.80. The van der Waals surface area contributed by atoms with Crippen LogP contribution in [0.2, 0.25) is 0 Å². The minimum absolute atomic E-state index is 0.0634. The topological polar surface area (TPSA) is 55.8 Å². The molecule has 1 heterocycles. The van der Waals surface area contributed by atoms with Gasteiger partial charge in [-0.05, 0) is 50.3 Å². The Kier molecular flexibility index (Phi) is 5.00. The number of piperidine rings is 1. The van der Waals surface area contributed by atoms with E-state index in [0.29, 0.717) is 12.2 Å². The van der Waals surface area contributed by atoms with Gasteiger partial charge in [0, 0.05) is 25.7 Å². The van der Waals surface area contributed by atoms with Crippen LogP contribution in [0.3, 0.4) is 0 Å². The molecule has 0 radical (unpaired) electrons. The number of hydrogen-bond acceptors (Lipinski definition) is 3. The van der Waals surface area contributed by atoms with Crippen LogP contribution >= 0.6 is 0 Å². The summed E-state index contributed by atoms with van der Waals surface area (Å²) in [7, 11) is 0. The summed E-state index contributed by atoms with van der Waals surface area (Å²) < 4.78 is 13.7. The number of aliphatic hydroxyl groups excluding tert-OH is 1. The van der Waals surface area contributed by atoms with Gasteiger partial charge in [-0.1, -0.05) is 0 Å². The largest absolute Gasteiger partial charge is 0.395 e. The molecule has 2 amide bonds. The number of amides is 2. The van der Waals surface area contributed by atoms with Crippen LogP contribution in [0.5, 0.6) is 0 Å². The van der Waals surface area contributed by atoms with Crippen molar-refractivity contribution in [3.8, 4) is 0 Å². The van der Waals surface area contributed by atoms with Crippen molar-refractivity contribution in [2.45, 2.75) is 38.1 Å². The van der Waals surface area contributed by atoms with E-state index in [1.165, 1.54) is 18.6 Å². The van der Waals surface area contributed by atoms with Crippen molar-refractivity contribution in [1.29, 1.82) is 0 Å². The number of urea groups is 1. The molecule has 1 aromatic rings. The first kappa shape index (κ1) is 16.1. The number of anilines is 2. The minimum Gasteiger partial charge on any atom is -0.395 e. The van der Waals surface area contributed by atoms with Crippen LogP contribution in [-0.2, 0) is 0 Å². The summed E-state index contributed by atoms with van der Waals surface area (Å²) in [5.74, 6) is -0.360. The van der Waals surface area contributed by atoms with Crippen LogP contribution in [0.15, 0.2) is 18.2 Å². The zero-order valence-corrected chi connectivity index (χ0v) is 13.3. The molecule has 6 heteroatoms.